The summed E-state index contributed by atoms with van der Waals surface area (Å²) in [5, 5.41) is 3.69. The van der Waals surface area contributed by atoms with Crippen LogP contribution >= 0.6 is 0 Å². The molecule has 0 spiro atoms. The molecule has 2 heteroatoms. The van der Waals surface area contributed by atoms with Crippen LogP contribution in [-0.4, -0.2) is 18.8 Å². The molecule has 1 aromatic rings. The summed E-state index contributed by atoms with van der Waals surface area (Å²) in [6.07, 6.45) is 6.64. The maximum Gasteiger partial charge on any atom is 0.0748 e. The van der Waals surface area contributed by atoms with Gasteiger partial charge in [-0.25, -0.2) is 0 Å². The first-order valence-electron chi connectivity index (χ1n) is 6.83. The largest absolute Gasteiger partial charge is 0.379 e. The molecule has 2 aliphatic rings. The van der Waals surface area contributed by atoms with Crippen molar-refractivity contribution in [1.82, 2.24) is 0 Å². The Balaban J connectivity index is 1.82. The fourth-order valence-electron chi connectivity index (χ4n) is 3.04. The zero-order chi connectivity index (χ0) is 11.7. The van der Waals surface area contributed by atoms with Gasteiger partial charge in [0.1, 0.15) is 0 Å². The number of fused-ring (bicyclic) bond motifs is 1. The van der Waals surface area contributed by atoms with Crippen LogP contribution in [0, 0.1) is 0 Å². The Bertz CT molecular complexity index is 402. The van der Waals surface area contributed by atoms with Gasteiger partial charge in [-0.3, -0.25) is 0 Å². The maximum atomic E-state index is 5.62. The monoisotopic (exact) mass is 231 g/mol. The summed E-state index contributed by atoms with van der Waals surface area (Å²) < 4.78 is 5.62. The molecule has 0 radical (unpaired) electrons. The number of ether oxygens (including phenoxy) is 1. The molecule has 17 heavy (non-hydrogen) atoms. The van der Waals surface area contributed by atoms with Gasteiger partial charge in [-0.1, -0.05) is 12.1 Å². The molecule has 0 saturated carbocycles. The third kappa shape index (κ3) is 2.19. The first-order valence-corrected chi connectivity index (χ1v) is 6.83. The van der Waals surface area contributed by atoms with Crippen LogP contribution in [0.5, 0.6) is 0 Å². The van der Waals surface area contributed by atoms with E-state index in [1.165, 1.54) is 31.4 Å². The summed E-state index contributed by atoms with van der Waals surface area (Å²) in [5.41, 5.74) is 4.45. The van der Waals surface area contributed by atoms with E-state index >= 15 is 0 Å². The minimum absolute atomic E-state index is 0.342. The van der Waals surface area contributed by atoms with Gasteiger partial charge in [-0.2, -0.15) is 0 Å². The Kier molecular flexibility index (Phi) is 3.06. The zero-order valence-corrected chi connectivity index (χ0v) is 10.5. The van der Waals surface area contributed by atoms with E-state index < -0.39 is 0 Å². The van der Waals surface area contributed by atoms with Crippen molar-refractivity contribution >= 4 is 5.69 Å². The Morgan fingerprint density at radius 1 is 1.24 bits per heavy atom. The van der Waals surface area contributed by atoms with Crippen LogP contribution in [-0.2, 0) is 17.6 Å². The highest BCUT2D eigenvalue weighted by Crippen LogP contribution is 2.29. The summed E-state index contributed by atoms with van der Waals surface area (Å²) in [7, 11) is 0. The van der Waals surface area contributed by atoms with Gasteiger partial charge in [0.25, 0.3) is 0 Å². The summed E-state index contributed by atoms with van der Waals surface area (Å²) in [6.45, 7) is 3.06. The predicted octanol–water partition coefficient (Wildman–Crippen LogP) is 3.15. The van der Waals surface area contributed by atoms with Gasteiger partial charge in [0.05, 0.1) is 12.1 Å². The molecule has 3 rings (SSSR count). The molecule has 92 valence electrons. The number of hydrogen-bond donors (Lipinski definition) is 1. The van der Waals surface area contributed by atoms with E-state index in [9.17, 15) is 0 Å². The second-order valence-corrected chi connectivity index (χ2v) is 5.27. The molecular formula is C15H21NO. The quantitative estimate of drug-likeness (QED) is 0.844. The van der Waals surface area contributed by atoms with Crippen LogP contribution in [0.15, 0.2) is 18.2 Å². The fourth-order valence-corrected chi connectivity index (χ4v) is 3.04. The summed E-state index contributed by atoms with van der Waals surface area (Å²) in [5.74, 6) is 0. The maximum absolute atomic E-state index is 5.62. The van der Waals surface area contributed by atoms with Gasteiger partial charge >= 0.3 is 0 Å². The minimum atomic E-state index is 0.342. The topological polar surface area (TPSA) is 21.3 Å². The van der Waals surface area contributed by atoms with Crippen molar-refractivity contribution in [3.05, 3.63) is 29.3 Å². The van der Waals surface area contributed by atoms with Crippen LogP contribution in [0.3, 0.4) is 0 Å². The van der Waals surface area contributed by atoms with E-state index in [1.807, 2.05) is 0 Å². The number of aryl methyl sites for hydroxylation is 1. The van der Waals surface area contributed by atoms with Gasteiger partial charge in [0, 0.05) is 12.3 Å². The molecule has 1 heterocycles. The van der Waals surface area contributed by atoms with Crippen LogP contribution in [0.1, 0.15) is 37.3 Å². The number of benzene rings is 1. The van der Waals surface area contributed by atoms with Crippen molar-refractivity contribution in [2.75, 3.05) is 11.9 Å². The van der Waals surface area contributed by atoms with Crippen LogP contribution in [0.4, 0.5) is 5.69 Å². The molecule has 2 nitrogen and oxygen atoms in total. The third-order valence-corrected chi connectivity index (χ3v) is 4.11. The van der Waals surface area contributed by atoms with Crippen molar-refractivity contribution in [2.45, 2.75) is 51.2 Å². The lowest BCUT2D eigenvalue weighted by atomic mass is 9.90. The lowest BCUT2D eigenvalue weighted by Gasteiger charge is -2.24. The molecule has 0 amide bonds. The Labute approximate surface area is 103 Å². The van der Waals surface area contributed by atoms with E-state index in [-0.39, 0.29) is 0 Å². The molecule has 1 aliphatic carbocycles. The first-order chi connectivity index (χ1) is 8.34. The molecule has 1 fully saturated rings. The number of rotatable bonds is 2. The SMILES string of the molecule is CC1OCCC1Nc1cccc2c1CCCC2. The van der Waals surface area contributed by atoms with Gasteiger partial charge in [-0.05, 0) is 56.2 Å². The Morgan fingerprint density at radius 3 is 2.94 bits per heavy atom. The molecule has 2 unspecified atom stereocenters. The standard InChI is InChI=1S/C15H21NO/c1-11-14(9-10-17-11)16-15-8-4-6-12-5-2-3-7-13(12)15/h4,6,8,11,14,16H,2-3,5,7,9-10H2,1H3. The molecule has 2 atom stereocenters. The lowest BCUT2D eigenvalue weighted by Crippen LogP contribution is -2.27. The molecule has 0 aromatic heterocycles. The Hall–Kier alpha value is -1.02. The predicted molar refractivity (Wildman–Crippen MR) is 70.5 cm³/mol. The summed E-state index contributed by atoms with van der Waals surface area (Å²) in [6, 6.07) is 7.19. The minimum Gasteiger partial charge on any atom is -0.379 e. The Morgan fingerprint density at radius 2 is 2.12 bits per heavy atom. The third-order valence-electron chi connectivity index (χ3n) is 4.11. The highest BCUT2D eigenvalue weighted by atomic mass is 16.5. The van der Waals surface area contributed by atoms with E-state index in [1.54, 1.807) is 11.1 Å². The van der Waals surface area contributed by atoms with E-state index in [0.717, 1.165) is 13.0 Å². The summed E-state index contributed by atoms with van der Waals surface area (Å²) in [4.78, 5) is 0. The van der Waals surface area contributed by atoms with E-state index in [2.05, 4.69) is 30.4 Å². The van der Waals surface area contributed by atoms with Crippen molar-refractivity contribution < 1.29 is 4.74 Å². The molecule has 1 aromatic carbocycles. The van der Waals surface area contributed by atoms with Crippen molar-refractivity contribution in [1.29, 1.82) is 0 Å². The first kappa shape index (κ1) is 11.1. The molecule has 1 aliphatic heterocycles. The second kappa shape index (κ2) is 4.69. The van der Waals surface area contributed by atoms with Crippen molar-refractivity contribution in [3.63, 3.8) is 0 Å². The summed E-state index contributed by atoms with van der Waals surface area (Å²) >= 11 is 0. The van der Waals surface area contributed by atoms with Crippen LogP contribution in [0.25, 0.3) is 0 Å². The van der Waals surface area contributed by atoms with Gasteiger partial charge in [-0.15, -0.1) is 0 Å². The fraction of sp³-hybridized carbons (Fsp3) is 0.600. The average molecular weight is 231 g/mol. The molecule has 1 saturated heterocycles. The van der Waals surface area contributed by atoms with E-state index in [4.69, 9.17) is 4.74 Å². The normalized spacial score (nSPS) is 27.8. The van der Waals surface area contributed by atoms with Crippen LogP contribution in [0.2, 0.25) is 0 Å². The smallest absolute Gasteiger partial charge is 0.0748 e. The molecular weight excluding hydrogens is 210 g/mol. The average Bonchev–Trinajstić information content (AvgIpc) is 2.76. The van der Waals surface area contributed by atoms with Gasteiger partial charge in [0.15, 0.2) is 0 Å². The van der Waals surface area contributed by atoms with Gasteiger partial charge in [0.2, 0.25) is 0 Å². The number of anilines is 1. The zero-order valence-electron chi connectivity index (χ0n) is 10.5. The van der Waals surface area contributed by atoms with Crippen LogP contribution < -0.4 is 5.32 Å². The highest BCUT2D eigenvalue weighted by Gasteiger charge is 2.25. The van der Waals surface area contributed by atoms with E-state index in [0.29, 0.717) is 12.1 Å². The second-order valence-electron chi connectivity index (χ2n) is 5.27. The van der Waals surface area contributed by atoms with Gasteiger partial charge < -0.3 is 10.1 Å². The van der Waals surface area contributed by atoms with Crippen molar-refractivity contribution in [2.24, 2.45) is 0 Å². The number of hydrogen-bond acceptors (Lipinski definition) is 2. The van der Waals surface area contributed by atoms with Crippen molar-refractivity contribution in [3.8, 4) is 0 Å². The highest BCUT2D eigenvalue weighted by molar-refractivity contribution is 5.56. The molecule has 0 bridgehead atoms. The lowest BCUT2D eigenvalue weighted by molar-refractivity contribution is 0.121. The number of nitrogens with one attached hydrogen (secondary N) is 1. The molecule has 1 N–H and O–H groups in total.